The third-order valence-electron chi connectivity index (χ3n) is 2.53. The van der Waals surface area contributed by atoms with Gasteiger partial charge in [-0.2, -0.15) is 12.6 Å². The van der Waals surface area contributed by atoms with Crippen LogP contribution in [0.25, 0.3) is 0 Å². The number of thiol groups is 1. The maximum absolute atomic E-state index is 5.66. The fourth-order valence-corrected chi connectivity index (χ4v) is 1.56. The van der Waals surface area contributed by atoms with Gasteiger partial charge in [-0.3, -0.25) is 0 Å². The van der Waals surface area contributed by atoms with Gasteiger partial charge in [-0.15, -0.1) is 5.73 Å². The smallest absolute Gasteiger partial charge is 0.0717 e. The van der Waals surface area contributed by atoms with Crippen molar-refractivity contribution in [1.29, 1.82) is 0 Å². The van der Waals surface area contributed by atoms with Gasteiger partial charge in [0, 0.05) is 0 Å². The molecule has 0 aliphatic carbocycles. The van der Waals surface area contributed by atoms with E-state index in [-0.39, 0.29) is 5.25 Å². The summed E-state index contributed by atoms with van der Waals surface area (Å²) in [6.45, 7) is 7.57. The van der Waals surface area contributed by atoms with Gasteiger partial charge in [-0.1, -0.05) is 44.2 Å². The van der Waals surface area contributed by atoms with E-state index >= 15 is 0 Å². The molecule has 0 saturated heterocycles. The Morgan fingerprint density at radius 1 is 1.33 bits per heavy atom. The molecular weight excluding hydrogens is 240 g/mol. The second kappa shape index (κ2) is 8.20. The molecule has 0 N–H and O–H groups in total. The van der Waals surface area contributed by atoms with Crippen LogP contribution >= 0.6 is 12.6 Å². The predicted molar refractivity (Wildman–Crippen MR) is 81.0 cm³/mol. The molecule has 0 aromatic heterocycles. The van der Waals surface area contributed by atoms with Crippen LogP contribution in [0, 0.1) is 5.92 Å². The van der Waals surface area contributed by atoms with Crippen LogP contribution in [0.5, 0.6) is 0 Å². The van der Waals surface area contributed by atoms with E-state index in [4.69, 9.17) is 4.74 Å². The van der Waals surface area contributed by atoms with E-state index in [1.807, 2.05) is 25.1 Å². The van der Waals surface area contributed by atoms with Gasteiger partial charge in [-0.05, 0) is 30.1 Å². The summed E-state index contributed by atoms with van der Waals surface area (Å²) in [5.74, 6) is 0.519. The molecule has 0 saturated carbocycles. The SMILES string of the molecule is CC(=C=CC(C)C)[C@@H](S)COCc1ccccc1. The molecule has 0 aliphatic rings. The average molecular weight is 262 g/mol. The first-order valence-corrected chi connectivity index (χ1v) is 6.84. The predicted octanol–water partition coefficient (Wildman–Crippen LogP) is 4.26. The number of rotatable bonds is 6. The van der Waals surface area contributed by atoms with E-state index in [9.17, 15) is 0 Å². The first-order chi connectivity index (χ1) is 8.59. The molecular formula is C16H22OS. The third kappa shape index (κ3) is 6.11. The molecule has 0 unspecified atom stereocenters. The minimum absolute atomic E-state index is 0.115. The van der Waals surface area contributed by atoms with Gasteiger partial charge in [0.2, 0.25) is 0 Å². The molecule has 1 atom stereocenters. The Morgan fingerprint density at radius 3 is 2.61 bits per heavy atom. The van der Waals surface area contributed by atoms with Crippen LogP contribution < -0.4 is 0 Å². The molecule has 1 nitrogen and oxygen atoms in total. The fraction of sp³-hybridized carbons (Fsp3) is 0.438. The van der Waals surface area contributed by atoms with Crippen LogP contribution in [-0.2, 0) is 11.3 Å². The highest BCUT2D eigenvalue weighted by molar-refractivity contribution is 7.81. The summed E-state index contributed by atoms with van der Waals surface area (Å²) in [5, 5.41) is 0.115. The Labute approximate surface area is 116 Å². The summed E-state index contributed by atoms with van der Waals surface area (Å²) in [5.41, 5.74) is 5.58. The van der Waals surface area contributed by atoms with E-state index < -0.39 is 0 Å². The van der Waals surface area contributed by atoms with E-state index in [0.29, 0.717) is 19.1 Å². The Morgan fingerprint density at radius 2 is 2.00 bits per heavy atom. The fourth-order valence-electron chi connectivity index (χ4n) is 1.38. The Bertz CT molecular complexity index is 402. The molecule has 2 heteroatoms. The van der Waals surface area contributed by atoms with Gasteiger partial charge in [-0.25, -0.2) is 0 Å². The van der Waals surface area contributed by atoms with Gasteiger partial charge in [0.15, 0.2) is 0 Å². The van der Waals surface area contributed by atoms with Crippen LogP contribution in [0.3, 0.4) is 0 Å². The lowest BCUT2D eigenvalue weighted by Crippen LogP contribution is -2.10. The number of hydrogen-bond donors (Lipinski definition) is 1. The van der Waals surface area contributed by atoms with E-state index in [0.717, 1.165) is 5.57 Å². The zero-order valence-electron chi connectivity index (χ0n) is 11.4. The molecule has 0 spiro atoms. The van der Waals surface area contributed by atoms with Crippen molar-refractivity contribution in [3.8, 4) is 0 Å². The first-order valence-electron chi connectivity index (χ1n) is 6.32. The van der Waals surface area contributed by atoms with Crippen LogP contribution in [0.15, 0.2) is 47.7 Å². The van der Waals surface area contributed by atoms with Crippen molar-refractivity contribution in [3.63, 3.8) is 0 Å². The lowest BCUT2D eigenvalue weighted by molar-refractivity contribution is 0.127. The summed E-state index contributed by atoms with van der Waals surface area (Å²) in [6, 6.07) is 10.2. The van der Waals surface area contributed by atoms with Crippen molar-refractivity contribution in [3.05, 3.63) is 53.3 Å². The molecule has 0 radical (unpaired) electrons. The van der Waals surface area contributed by atoms with Crippen LogP contribution in [0.2, 0.25) is 0 Å². The van der Waals surface area contributed by atoms with Gasteiger partial charge in [0.1, 0.15) is 0 Å². The summed E-state index contributed by atoms with van der Waals surface area (Å²) in [4.78, 5) is 0. The van der Waals surface area contributed by atoms with Crippen LogP contribution in [-0.4, -0.2) is 11.9 Å². The van der Waals surface area contributed by atoms with E-state index in [2.05, 4.69) is 50.4 Å². The standard InChI is InChI=1S/C16H22OS/c1-13(2)9-10-14(3)16(18)12-17-11-15-7-5-4-6-8-15/h4-9,13,16,18H,11-12H2,1-3H3/t10?,16-/m0/s1. The van der Waals surface area contributed by atoms with Gasteiger partial charge in [0.25, 0.3) is 0 Å². The summed E-state index contributed by atoms with van der Waals surface area (Å²) >= 11 is 4.53. The Balaban J connectivity index is 2.37. The number of hydrogen-bond acceptors (Lipinski definition) is 2. The van der Waals surface area contributed by atoms with Crippen molar-refractivity contribution >= 4 is 12.6 Å². The Kier molecular flexibility index (Phi) is 6.89. The maximum Gasteiger partial charge on any atom is 0.0717 e. The first kappa shape index (κ1) is 15.1. The molecule has 98 valence electrons. The topological polar surface area (TPSA) is 9.23 Å². The average Bonchev–Trinajstić information content (AvgIpc) is 2.37. The summed E-state index contributed by atoms with van der Waals surface area (Å²) < 4.78 is 5.66. The molecule has 1 aromatic rings. The van der Waals surface area contributed by atoms with Gasteiger partial charge < -0.3 is 4.74 Å². The van der Waals surface area contributed by atoms with E-state index in [1.165, 1.54) is 5.56 Å². The highest BCUT2D eigenvalue weighted by atomic mass is 32.1. The largest absolute Gasteiger partial charge is 0.375 e. The highest BCUT2D eigenvalue weighted by Crippen LogP contribution is 2.10. The monoisotopic (exact) mass is 262 g/mol. The van der Waals surface area contributed by atoms with Crippen LogP contribution in [0.4, 0.5) is 0 Å². The van der Waals surface area contributed by atoms with Crippen molar-refractivity contribution in [2.45, 2.75) is 32.6 Å². The maximum atomic E-state index is 5.66. The van der Waals surface area contributed by atoms with Crippen LogP contribution in [0.1, 0.15) is 26.3 Å². The second-order valence-corrected chi connectivity index (χ2v) is 5.38. The van der Waals surface area contributed by atoms with Crippen molar-refractivity contribution in [1.82, 2.24) is 0 Å². The molecule has 0 heterocycles. The summed E-state index contributed by atoms with van der Waals surface area (Å²) in [6.07, 6.45) is 2.07. The van der Waals surface area contributed by atoms with Crippen molar-refractivity contribution in [2.75, 3.05) is 6.61 Å². The van der Waals surface area contributed by atoms with Crippen molar-refractivity contribution < 1.29 is 4.74 Å². The normalized spacial score (nSPS) is 12.1. The summed E-state index contributed by atoms with van der Waals surface area (Å²) in [7, 11) is 0. The lowest BCUT2D eigenvalue weighted by atomic mass is 10.2. The quantitative estimate of drug-likeness (QED) is 0.595. The third-order valence-corrected chi connectivity index (χ3v) is 3.07. The van der Waals surface area contributed by atoms with E-state index in [1.54, 1.807) is 0 Å². The molecule has 1 rings (SSSR count). The Hall–Kier alpha value is -0.950. The molecule has 0 fully saturated rings. The molecule has 0 amide bonds. The zero-order valence-corrected chi connectivity index (χ0v) is 12.3. The number of ether oxygens (including phenoxy) is 1. The zero-order chi connectivity index (χ0) is 13.4. The lowest BCUT2D eigenvalue weighted by Gasteiger charge is -2.10. The second-order valence-electron chi connectivity index (χ2n) is 4.75. The van der Waals surface area contributed by atoms with Gasteiger partial charge >= 0.3 is 0 Å². The highest BCUT2D eigenvalue weighted by Gasteiger charge is 2.05. The van der Waals surface area contributed by atoms with Crippen molar-refractivity contribution in [2.24, 2.45) is 5.92 Å². The molecule has 1 aromatic carbocycles. The molecule has 0 bridgehead atoms. The minimum Gasteiger partial charge on any atom is -0.375 e. The molecule has 0 aliphatic heterocycles. The minimum atomic E-state index is 0.115. The van der Waals surface area contributed by atoms with Gasteiger partial charge in [0.05, 0.1) is 18.5 Å². The number of benzene rings is 1. The molecule has 18 heavy (non-hydrogen) atoms.